The Bertz CT molecular complexity index is 424. The highest BCUT2D eigenvalue weighted by atomic mass is 35.5. The van der Waals surface area contributed by atoms with Gasteiger partial charge in [-0.05, 0) is 31.9 Å². The van der Waals surface area contributed by atoms with Crippen molar-refractivity contribution in [2.24, 2.45) is 0 Å². The summed E-state index contributed by atoms with van der Waals surface area (Å²) in [5.41, 5.74) is 3.51. The smallest absolute Gasteiger partial charge is 0.137 e. The van der Waals surface area contributed by atoms with Crippen molar-refractivity contribution in [3.05, 3.63) is 28.8 Å². The predicted molar refractivity (Wildman–Crippen MR) is 78.5 cm³/mol. The first-order chi connectivity index (χ1) is 9.56. The number of nitrogens with one attached hydrogen (secondary N) is 1. The molecule has 120 valence electrons. The number of benzene rings is 1. The van der Waals surface area contributed by atoms with Gasteiger partial charge in [0.1, 0.15) is 38.1 Å². The lowest BCUT2D eigenvalue weighted by Gasteiger charge is -2.26. The zero-order chi connectivity index (χ0) is 14.5. The summed E-state index contributed by atoms with van der Waals surface area (Å²) < 4.78 is 11.2. The summed E-state index contributed by atoms with van der Waals surface area (Å²) in [5.74, 6) is 0.909. The lowest BCUT2D eigenvalue weighted by atomic mass is 10.1. The fourth-order valence-electron chi connectivity index (χ4n) is 2.83. The van der Waals surface area contributed by atoms with Crippen molar-refractivity contribution in [2.45, 2.75) is 26.9 Å². The molecular weight excluding hydrogens is 290 g/mol. The molecule has 1 aromatic rings. The van der Waals surface area contributed by atoms with Crippen LogP contribution in [0.1, 0.15) is 16.7 Å². The summed E-state index contributed by atoms with van der Waals surface area (Å²) in [6, 6.07) is 4.23. The van der Waals surface area contributed by atoms with E-state index in [1.807, 2.05) is 0 Å². The molecule has 0 bridgehead atoms. The molecule has 0 amide bonds. The Kier molecular flexibility index (Phi) is 7.46. The van der Waals surface area contributed by atoms with Crippen LogP contribution in [-0.4, -0.2) is 50.7 Å². The van der Waals surface area contributed by atoms with E-state index in [1.165, 1.54) is 10.5 Å². The first-order valence-electron chi connectivity index (χ1n) is 7.36. The molecule has 1 heterocycles. The normalized spacial score (nSPS) is 17.1. The van der Waals surface area contributed by atoms with Crippen LogP contribution in [0.2, 0.25) is 0 Å². The second kappa shape index (κ2) is 8.59. The Morgan fingerprint density at radius 2 is 1.76 bits per heavy atom. The highest BCUT2D eigenvalue weighted by Crippen LogP contribution is 2.24. The van der Waals surface area contributed by atoms with Crippen molar-refractivity contribution in [3.8, 4) is 5.75 Å². The molecule has 0 aliphatic carbocycles. The zero-order valence-electron chi connectivity index (χ0n) is 13.1. The summed E-state index contributed by atoms with van der Waals surface area (Å²) in [7, 11) is 0. The van der Waals surface area contributed by atoms with Gasteiger partial charge in [0.05, 0.1) is 13.2 Å². The number of aliphatic hydroxyl groups excluding tert-OH is 1. The average molecular weight is 316 g/mol. The molecule has 0 radical (unpaired) electrons. The molecule has 0 spiro atoms. The second-order valence-corrected chi connectivity index (χ2v) is 5.76. The van der Waals surface area contributed by atoms with Crippen molar-refractivity contribution < 1.29 is 31.9 Å². The Labute approximate surface area is 133 Å². The quantitative estimate of drug-likeness (QED) is 0.620. The van der Waals surface area contributed by atoms with Gasteiger partial charge in [-0.1, -0.05) is 17.7 Å². The number of ether oxygens (including phenoxy) is 2. The number of quaternary nitrogens is 1. The van der Waals surface area contributed by atoms with Crippen LogP contribution in [0.5, 0.6) is 5.75 Å². The molecule has 1 aliphatic rings. The Morgan fingerprint density at radius 1 is 1.19 bits per heavy atom. The molecular formula is C16H26ClNO3. The topological polar surface area (TPSA) is 43.1 Å². The van der Waals surface area contributed by atoms with Crippen LogP contribution in [-0.2, 0) is 4.74 Å². The minimum atomic E-state index is -0.428. The standard InChI is InChI=1S/C16H25NO3.ClH/c1-12-8-13(2)16(14(3)9-12)20-11-15(18)10-17-4-6-19-7-5-17;/h8-9,15,18H,4-7,10-11H2,1-3H3;1H. The van der Waals surface area contributed by atoms with Gasteiger partial charge in [0.2, 0.25) is 0 Å². The van der Waals surface area contributed by atoms with E-state index in [-0.39, 0.29) is 12.4 Å². The number of rotatable bonds is 5. The average Bonchev–Trinajstić information content (AvgIpc) is 2.38. The lowest BCUT2D eigenvalue weighted by molar-refractivity contribution is -0.911. The van der Waals surface area contributed by atoms with Crippen LogP contribution in [0.4, 0.5) is 0 Å². The van der Waals surface area contributed by atoms with Gasteiger partial charge in [-0.3, -0.25) is 0 Å². The van der Waals surface area contributed by atoms with Crippen molar-refractivity contribution in [1.29, 1.82) is 0 Å². The van der Waals surface area contributed by atoms with E-state index < -0.39 is 6.10 Å². The van der Waals surface area contributed by atoms with Crippen LogP contribution in [0.15, 0.2) is 12.1 Å². The largest absolute Gasteiger partial charge is 1.00 e. The van der Waals surface area contributed by atoms with E-state index in [9.17, 15) is 5.11 Å². The van der Waals surface area contributed by atoms with Gasteiger partial charge in [-0.25, -0.2) is 0 Å². The third-order valence-corrected chi connectivity index (χ3v) is 3.75. The SMILES string of the molecule is Cc1cc(C)c(OCC(O)C[NH+]2CCOCC2)c(C)c1.[Cl-]. The fourth-order valence-corrected chi connectivity index (χ4v) is 2.83. The molecule has 1 atom stereocenters. The molecule has 2 N–H and O–H groups in total. The van der Waals surface area contributed by atoms with Crippen LogP contribution in [0.3, 0.4) is 0 Å². The van der Waals surface area contributed by atoms with Crippen molar-refractivity contribution >= 4 is 0 Å². The molecule has 2 rings (SSSR count). The second-order valence-electron chi connectivity index (χ2n) is 5.76. The summed E-state index contributed by atoms with van der Waals surface area (Å²) >= 11 is 0. The summed E-state index contributed by atoms with van der Waals surface area (Å²) in [6.45, 7) is 10.8. The van der Waals surface area contributed by atoms with Crippen LogP contribution < -0.4 is 22.0 Å². The van der Waals surface area contributed by atoms with Gasteiger partial charge in [-0.2, -0.15) is 0 Å². The highest BCUT2D eigenvalue weighted by Gasteiger charge is 2.19. The molecule has 4 nitrogen and oxygen atoms in total. The van der Waals surface area contributed by atoms with Gasteiger partial charge < -0.3 is 31.9 Å². The van der Waals surface area contributed by atoms with Crippen molar-refractivity contribution in [1.82, 2.24) is 0 Å². The van der Waals surface area contributed by atoms with Crippen LogP contribution in [0, 0.1) is 20.8 Å². The third-order valence-electron chi connectivity index (χ3n) is 3.75. The minimum Gasteiger partial charge on any atom is -1.00 e. The van der Waals surface area contributed by atoms with Gasteiger partial charge >= 0.3 is 0 Å². The van der Waals surface area contributed by atoms with Crippen molar-refractivity contribution in [2.75, 3.05) is 39.5 Å². The molecule has 1 aliphatic heterocycles. The van der Waals surface area contributed by atoms with Crippen LogP contribution >= 0.6 is 0 Å². The van der Waals surface area contributed by atoms with E-state index in [0.29, 0.717) is 6.61 Å². The van der Waals surface area contributed by atoms with Crippen molar-refractivity contribution in [3.63, 3.8) is 0 Å². The maximum Gasteiger partial charge on any atom is 0.137 e. The summed E-state index contributed by atoms with van der Waals surface area (Å²) in [4.78, 5) is 1.39. The number of hydrogen-bond donors (Lipinski definition) is 2. The third kappa shape index (κ3) is 5.47. The van der Waals surface area contributed by atoms with Gasteiger partial charge in [0.15, 0.2) is 0 Å². The summed E-state index contributed by atoms with van der Waals surface area (Å²) in [5, 5.41) is 10.1. The number of aryl methyl sites for hydroxylation is 3. The molecule has 1 fully saturated rings. The maximum absolute atomic E-state index is 10.1. The summed E-state index contributed by atoms with van der Waals surface area (Å²) in [6.07, 6.45) is -0.428. The van der Waals surface area contributed by atoms with Crippen LogP contribution in [0.25, 0.3) is 0 Å². The Balaban J connectivity index is 0.00000220. The maximum atomic E-state index is 10.1. The molecule has 21 heavy (non-hydrogen) atoms. The first kappa shape index (κ1) is 18.2. The molecule has 1 unspecified atom stereocenters. The zero-order valence-corrected chi connectivity index (χ0v) is 13.9. The molecule has 1 saturated heterocycles. The Morgan fingerprint density at radius 3 is 2.33 bits per heavy atom. The van der Waals surface area contributed by atoms with E-state index in [1.54, 1.807) is 0 Å². The van der Waals surface area contributed by atoms with E-state index in [4.69, 9.17) is 9.47 Å². The lowest BCUT2D eigenvalue weighted by Crippen LogP contribution is -3.15. The van der Waals surface area contributed by atoms with E-state index in [0.717, 1.165) is 49.7 Å². The molecule has 0 saturated carbocycles. The highest BCUT2D eigenvalue weighted by molar-refractivity contribution is 5.42. The Hall–Kier alpha value is -0.810. The van der Waals surface area contributed by atoms with Gasteiger partial charge in [0, 0.05) is 0 Å². The number of halogens is 1. The number of aliphatic hydroxyl groups is 1. The first-order valence-corrected chi connectivity index (χ1v) is 7.36. The van der Waals surface area contributed by atoms with Gasteiger partial charge in [-0.15, -0.1) is 0 Å². The fraction of sp³-hybridized carbons (Fsp3) is 0.625. The molecule has 1 aromatic carbocycles. The minimum absolute atomic E-state index is 0. The number of morpholine rings is 1. The van der Waals surface area contributed by atoms with Gasteiger partial charge in [0.25, 0.3) is 0 Å². The molecule has 0 aromatic heterocycles. The van der Waals surface area contributed by atoms with E-state index in [2.05, 4.69) is 32.9 Å². The van der Waals surface area contributed by atoms with E-state index >= 15 is 0 Å². The predicted octanol–water partition coefficient (Wildman–Crippen LogP) is -2.73. The monoisotopic (exact) mass is 315 g/mol. The number of hydrogen-bond acceptors (Lipinski definition) is 3. The molecule has 5 heteroatoms.